The van der Waals surface area contributed by atoms with Crippen molar-refractivity contribution in [1.29, 1.82) is 0 Å². The van der Waals surface area contributed by atoms with Crippen LogP contribution in [0, 0.1) is 6.92 Å². The topological polar surface area (TPSA) is 29.9 Å². The fraction of sp³-hybridized carbons (Fsp3) is 0.769. The first kappa shape index (κ1) is 14.2. The minimum atomic E-state index is 0.496. The van der Waals surface area contributed by atoms with Crippen LogP contribution in [0.5, 0.6) is 0 Å². The highest BCUT2D eigenvalue weighted by atomic mass is 35.5. The Morgan fingerprint density at radius 1 is 1.56 bits per heavy atom. The molecule has 1 fully saturated rings. The maximum atomic E-state index is 6.32. The number of aromatic nitrogens is 2. The van der Waals surface area contributed by atoms with Gasteiger partial charge in [-0.15, -0.1) is 0 Å². The van der Waals surface area contributed by atoms with E-state index < -0.39 is 0 Å². The monoisotopic (exact) mass is 287 g/mol. The molecule has 1 N–H and O–H groups in total. The highest BCUT2D eigenvalue weighted by molar-refractivity contribution is 8.00. The van der Waals surface area contributed by atoms with Crippen molar-refractivity contribution in [2.24, 2.45) is 7.05 Å². The van der Waals surface area contributed by atoms with Crippen LogP contribution in [-0.4, -0.2) is 33.9 Å². The second kappa shape index (κ2) is 6.31. The lowest BCUT2D eigenvalue weighted by Crippen LogP contribution is -2.39. The molecule has 1 aliphatic heterocycles. The summed E-state index contributed by atoms with van der Waals surface area (Å²) in [6.07, 6.45) is 5.01. The molecule has 0 bridgehead atoms. The Morgan fingerprint density at radius 3 is 2.83 bits per heavy atom. The first-order valence-corrected chi connectivity index (χ1v) is 8.03. The van der Waals surface area contributed by atoms with Crippen LogP contribution in [0.15, 0.2) is 0 Å². The van der Waals surface area contributed by atoms with Gasteiger partial charge in [0.15, 0.2) is 0 Å². The molecule has 2 heterocycles. The molecule has 0 radical (unpaired) electrons. The summed E-state index contributed by atoms with van der Waals surface area (Å²) in [6, 6.07) is 0.496. The molecule has 0 aliphatic carbocycles. The van der Waals surface area contributed by atoms with Crippen molar-refractivity contribution >= 4 is 23.4 Å². The summed E-state index contributed by atoms with van der Waals surface area (Å²) in [5.74, 6) is 1.29. The number of rotatable bonds is 4. The smallest absolute Gasteiger partial charge is 0.130 e. The molecule has 2 unspecified atom stereocenters. The Balaban J connectivity index is 2.09. The van der Waals surface area contributed by atoms with Crippen molar-refractivity contribution in [1.82, 2.24) is 15.1 Å². The summed E-state index contributed by atoms with van der Waals surface area (Å²) in [5, 5.41) is 9.35. The maximum absolute atomic E-state index is 6.32. The third-order valence-corrected chi connectivity index (χ3v) is 5.72. The van der Waals surface area contributed by atoms with Gasteiger partial charge in [0.05, 0.1) is 5.69 Å². The molecular weight excluding hydrogens is 266 g/mol. The van der Waals surface area contributed by atoms with Gasteiger partial charge in [0, 0.05) is 23.9 Å². The average Bonchev–Trinajstić information content (AvgIpc) is 2.62. The standard InChI is InChI=1S/C13H22ClN3S/c1-9-10(13(14)17(3)16-9)8-11(15-2)12-6-4-5-7-18-12/h11-12,15H,4-8H2,1-3H3. The van der Waals surface area contributed by atoms with Crippen LogP contribution in [-0.2, 0) is 13.5 Å². The summed E-state index contributed by atoms with van der Waals surface area (Å²) >= 11 is 8.42. The number of aryl methyl sites for hydroxylation is 2. The maximum Gasteiger partial charge on any atom is 0.130 e. The van der Waals surface area contributed by atoms with Gasteiger partial charge in [-0.1, -0.05) is 18.0 Å². The Hall–Kier alpha value is -0.190. The fourth-order valence-electron chi connectivity index (χ4n) is 2.63. The van der Waals surface area contributed by atoms with Crippen molar-refractivity contribution in [3.63, 3.8) is 0 Å². The van der Waals surface area contributed by atoms with E-state index in [1.54, 1.807) is 4.68 Å². The van der Waals surface area contributed by atoms with E-state index in [1.165, 1.54) is 30.6 Å². The Kier molecular flexibility index (Phi) is 4.98. The number of halogens is 1. The first-order chi connectivity index (χ1) is 8.63. The lowest BCUT2D eigenvalue weighted by molar-refractivity contribution is 0.494. The number of nitrogens with zero attached hydrogens (tertiary/aromatic N) is 2. The molecule has 0 amide bonds. The number of nitrogens with one attached hydrogen (secondary N) is 1. The van der Waals surface area contributed by atoms with Crippen LogP contribution in [0.2, 0.25) is 5.15 Å². The number of hydrogen-bond donors (Lipinski definition) is 1. The molecule has 0 aromatic carbocycles. The van der Waals surface area contributed by atoms with E-state index in [2.05, 4.69) is 29.2 Å². The van der Waals surface area contributed by atoms with Crippen molar-refractivity contribution < 1.29 is 0 Å². The Morgan fingerprint density at radius 2 is 2.33 bits per heavy atom. The predicted molar refractivity (Wildman–Crippen MR) is 79.6 cm³/mol. The lowest BCUT2D eigenvalue weighted by Gasteiger charge is -2.29. The van der Waals surface area contributed by atoms with Crippen LogP contribution in [0.4, 0.5) is 0 Å². The zero-order valence-corrected chi connectivity index (χ0v) is 12.9. The first-order valence-electron chi connectivity index (χ1n) is 6.60. The minimum Gasteiger partial charge on any atom is -0.316 e. The zero-order chi connectivity index (χ0) is 13.1. The van der Waals surface area contributed by atoms with Gasteiger partial charge in [-0.3, -0.25) is 4.68 Å². The molecule has 1 aromatic heterocycles. The van der Waals surface area contributed by atoms with E-state index in [-0.39, 0.29) is 0 Å². The molecule has 0 saturated carbocycles. The normalized spacial score (nSPS) is 22.1. The average molecular weight is 288 g/mol. The van der Waals surface area contributed by atoms with Crippen LogP contribution in [0.1, 0.15) is 30.5 Å². The molecule has 1 saturated heterocycles. The van der Waals surface area contributed by atoms with Gasteiger partial charge in [-0.05, 0) is 39.0 Å². The zero-order valence-electron chi connectivity index (χ0n) is 11.4. The van der Waals surface area contributed by atoms with E-state index in [9.17, 15) is 0 Å². The number of likely N-dealkylation sites (N-methyl/N-ethyl adjacent to an activating group) is 1. The Bertz CT molecular complexity index is 399. The second-order valence-electron chi connectivity index (χ2n) is 4.98. The van der Waals surface area contributed by atoms with E-state index in [4.69, 9.17) is 11.6 Å². The highest BCUT2D eigenvalue weighted by Gasteiger charge is 2.25. The number of thioether (sulfide) groups is 1. The fourth-order valence-corrected chi connectivity index (χ4v) is 4.35. The van der Waals surface area contributed by atoms with Gasteiger partial charge >= 0.3 is 0 Å². The Labute approximate surface area is 119 Å². The van der Waals surface area contributed by atoms with Crippen LogP contribution >= 0.6 is 23.4 Å². The van der Waals surface area contributed by atoms with Crippen molar-refractivity contribution in [3.05, 3.63) is 16.4 Å². The van der Waals surface area contributed by atoms with Gasteiger partial charge in [-0.2, -0.15) is 16.9 Å². The van der Waals surface area contributed by atoms with E-state index in [0.29, 0.717) is 11.3 Å². The van der Waals surface area contributed by atoms with Crippen molar-refractivity contribution in [2.75, 3.05) is 12.8 Å². The third kappa shape index (κ3) is 3.03. The molecule has 2 atom stereocenters. The van der Waals surface area contributed by atoms with Gasteiger partial charge in [0.1, 0.15) is 5.15 Å². The lowest BCUT2D eigenvalue weighted by atomic mass is 10.00. The molecule has 2 rings (SSSR count). The van der Waals surface area contributed by atoms with Crippen LogP contribution in [0.25, 0.3) is 0 Å². The summed E-state index contributed by atoms with van der Waals surface area (Å²) in [7, 11) is 3.96. The predicted octanol–water partition coefficient (Wildman–Crippen LogP) is 2.80. The van der Waals surface area contributed by atoms with Crippen molar-refractivity contribution in [3.8, 4) is 0 Å². The molecule has 102 valence electrons. The highest BCUT2D eigenvalue weighted by Crippen LogP contribution is 2.30. The number of hydrogen-bond acceptors (Lipinski definition) is 3. The van der Waals surface area contributed by atoms with Crippen LogP contribution in [0.3, 0.4) is 0 Å². The molecule has 3 nitrogen and oxygen atoms in total. The summed E-state index contributed by atoms with van der Waals surface area (Å²) in [5.41, 5.74) is 2.26. The molecule has 1 aliphatic rings. The quantitative estimate of drug-likeness (QED) is 0.923. The summed E-state index contributed by atoms with van der Waals surface area (Å²) < 4.78 is 1.77. The van der Waals surface area contributed by atoms with E-state index >= 15 is 0 Å². The van der Waals surface area contributed by atoms with E-state index in [0.717, 1.165) is 17.3 Å². The van der Waals surface area contributed by atoms with Crippen LogP contribution < -0.4 is 5.32 Å². The SMILES string of the molecule is CNC(Cc1c(C)nn(C)c1Cl)C1CCCCS1. The second-order valence-corrected chi connectivity index (χ2v) is 6.69. The molecular formula is C13H22ClN3S. The van der Waals surface area contributed by atoms with Gasteiger partial charge in [0.25, 0.3) is 0 Å². The molecule has 1 aromatic rings. The van der Waals surface area contributed by atoms with E-state index in [1.807, 2.05) is 14.0 Å². The molecule has 5 heteroatoms. The van der Waals surface area contributed by atoms with Gasteiger partial charge < -0.3 is 5.32 Å². The van der Waals surface area contributed by atoms with Gasteiger partial charge in [0.2, 0.25) is 0 Å². The van der Waals surface area contributed by atoms with Crippen molar-refractivity contribution in [2.45, 2.75) is 43.9 Å². The van der Waals surface area contributed by atoms with Gasteiger partial charge in [-0.25, -0.2) is 0 Å². The minimum absolute atomic E-state index is 0.496. The largest absolute Gasteiger partial charge is 0.316 e. The summed E-state index contributed by atoms with van der Waals surface area (Å²) in [6.45, 7) is 2.04. The molecule has 18 heavy (non-hydrogen) atoms. The molecule has 0 spiro atoms. The third-order valence-electron chi connectivity index (χ3n) is 3.73. The summed E-state index contributed by atoms with van der Waals surface area (Å²) in [4.78, 5) is 0.